The second-order valence-electron chi connectivity index (χ2n) is 6.36. The molecule has 3 rings (SSSR count). The summed E-state index contributed by atoms with van der Waals surface area (Å²) in [5.74, 6) is 1.83. The number of likely N-dealkylation sites (tertiary alicyclic amines) is 1. The monoisotopic (exact) mass is 326 g/mol. The lowest BCUT2D eigenvalue weighted by molar-refractivity contribution is -0.121. The molecule has 0 spiro atoms. The molecule has 1 unspecified atom stereocenters. The highest BCUT2D eigenvalue weighted by Crippen LogP contribution is 2.22. The Balaban J connectivity index is 1.44. The van der Waals surface area contributed by atoms with Gasteiger partial charge in [-0.25, -0.2) is 0 Å². The van der Waals surface area contributed by atoms with E-state index in [1.54, 1.807) is 0 Å². The van der Waals surface area contributed by atoms with Gasteiger partial charge in [0, 0.05) is 31.0 Å². The predicted octanol–water partition coefficient (Wildman–Crippen LogP) is 3.48. The lowest BCUT2D eigenvalue weighted by Crippen LogP contribution is -2.40. The van der Waals surface area contributed by atoms with Gasteiger partial charge in [0.05, 0.1) is 0 Å². The molecule has 1 amide bonds. The molecule has 1 aromatic carbocycles. The third kappa shape index (κ3) is 4.26. The van der Waals surface area contributed by atoms with Crippen LogP contribution in [0.2, 0.25) is 0 Å². The molecule has 128 valence electrons. The van der Waals surface area contributed by atoms with Crippen molar-refractivity contribution in [3.63, 3.8) is 0 Å². The molecule has 1 aromatic heterocycles. The number of nitrogens with zero attached hydrogens (tertiary/aromatic N) is 1. The smallest absolute Gasteiger partial charge is 0.220 e. The average Bonchev–Trinajstić information content (AvgIpc) is 3.28. The Morgan fingerprint density at radius 3 is 2.88 bits per heavy atom. The van der Waals surface area contributed by atoms with Crippen LogP contribution in [-0.4, -0.2) is 36.5 Å². The van der Waals surface area contributed by atoms with E-state index in [1.807, 2.05) is 42.5 Å². The largest absolute Gasteiger partial charge is 0.461 e. The van der Waals surface area contributed by atoms with Gasteiger partial charge in [-0.05, 0) is 38.1 Å². The number of hydrogen-bond donors (Lipinski definition) is 1. The molecule has 24 heavy (non-hydrogen) atoms. The van der Waals surface area contributed by atoms with E-state index in [4.69, 9.17) is 4.42 Å². The van der Waals surface area contributed by atoms with Gasteiger partial charge < -0.3 is 9.73 Å². The van der Waals surface area contributed by atoms with E-state index in [1.165, 1.54) is 12.8 Å². The number of rotatable bonds is 7. The van der Waals surface area contributed by atoms with Gasteiger partial charge in [0.15, 0.2) is 0 Å². The van der Waals surface area contributed by atoms with E-state index in [0.717, 1.165) is 36.7 Å². The van der Waals surface area contributed by atoms with Crippen LogP contribution in [0, 0.1) is 0 Å². The van der Waals surface area contributed by atoms with Gasteiger partial charge in [-0.1, -0.05) is 37.3 Å². The minimum atomic E-state index is 0.107. The van der Waals surface area contributed by atoms with Crippen LogP contribution in [0.4, 0.5) is 0 Å². The first-order valence-corrected chi connectivity index (χ1v) is 8.91. The molecule has 0 aliphatic carbocycles. The van der Waals surface area contributed by atoms with Crippen molar-refractivity contribution in [2.45, 2.75) is 38.6 Å². The first-order valence-electron chi connectivity index (χ1n) is 8.91. The maximum absolute atomic E-state index is 12.1. The molecule has 1 atom stereocenters. The number of benzene rings is 1. The van der Waals surface area contributed by atoms with Gasteiger partial charge in [0.1, 0.15) is 11.5 Å². The molecule has 0 saturated carbocycles. The van der Waals surface area contributed by atoms with Crippen molar-refractivity contribution in [2.75, 3.05) is 19.6 Å². The summed E-state index contributed by atoms with van der Waals surface area (Å²) in [6.07, 6.45) is 3.54. The zero-order valence-corrected chi connectivity index (χ0v) is 14.3. The maximum Gasteiger partial charge on any atom is 0.220 e. The third-order valence-electron chi connectivity index (χ3n) is 4.76. The van der Waals surface area contributed by atoms with Crippen LogP contribution < -0.4 is 5.32 Å². The van der Waals surface area contributed by atoms with Gasteiger partial charge >= 0.3 is 0 Å². The Hall–Kier alpha value is -2.07. The highest BCUT2D eigenvalue weighted by Gasteiger charge is 2.23. The topological polar surface area (TPSA) is 45.5 Å². The summed E-state index contributed by atoms with van der Waals surface area (Å²) in [4.78, 5) is 14.5. The first kappa shape index (κ1) is 16.8. The van der Waals surface area contributed by atoms with Crippen molar-refractivity contribution in [3.05, 3.63) is 48.2 Å². The van der Waals surface area contributed by atoms with Crippen molar-refractivity contribution < 1.29 is 9.21 Å². The van der Waals surface area contributed by atoms with Crippen LogP contribution in [0.3, 0.4) is 0 Å². The second kappa shape index (κ2) is 8.15. The molecular formula is C20H26N2O2. The number of amides is 1. The van der Waals surface area contributed by atoms with Gasteiger partial charge in [-0.3, -0.25) is 9.69 Å². The number of carbonyl (C=O) groups excluding carboxylic acids is 1. The van der Waals surface area contributed by atoms with Gasteiger partial charge in [0.25, 0.3) is 0 Å². The molecule has 1 aliphatic heterocycles. The van der Waals surface area contributed by atoms with Gasteiger partial charge in [-0.15, -0.1) is 0 Å². The molecule has 1 saturated heterocycles. The Labute approximate surface area is 143 Å². The molecule has 1 fully saturated rings. The van der Waals surface area contributed by atoms with Crippen LogP contribution in [0.1, 0.15) is 31.9 Å². The van der Waals surface area contributed by atoms with E-state index in [0.29, 0.717) is 18.9 Å². The number of carbonyl (C=O) groups is 1. The minimum Gasteiger partial charge on any atom is -0.461 e. The fourth-order valence-electron chi connectivity index (χ4n) is 3.37. The highest BCUT2D eigenvalue weighted by molar-refractivity contribution is 5.76. The zero-order chi connectivity index (χ0) is 16.8. The lowest BCUT2D eigenvalue weighted by atomic mass is 10.2. The van der Waals surface area contributed by atoms with Crippen molar-refractivity contribution in [2.24, 2.45) is 0 Å². The number of furan rings is 1. The van der Waals surface area contributed by atoms with E-state index < -0.39 is 0 Å². The fraction of sp³-hybridized carbons (Fsp3) is 0.450. The Bertz CT molecular complexity index is 651. The normalized spacial score (nSPS) is 18.0. The van der Waals surface area contributed by atoms with Crippen LogP contribution in [-0.2, 0) is 11.2 Å². The van der Waals surface area contributed by atoms with Crippen molar-refractivity contribution in [1.29, 1.82) is 0 Å². The number of hydrogen-bond acceptors (Lipinski definition) is 3. The molecule has 0 bridgehead atoms. The number of nitrogens with one attached hydrogen (secondary N) is 1. The predicted molar refractivity (Wildman–Crippen MR) is 95.7 cm³/mol. The summed E-state index contributed by atoms with van der Waals surface area (Å²) < 4.78 is 5.84. The van der Waals surface area contributed by atoms with E-state index in [-0.39, 0.29) is 5.91 Å². The molecule has 4 nitrogen and oxygen atoms in total. The molecule has 2 aromatic rings. The van der Waals surface area contributed by atoms with Crippen LogP contribution in [0.25, 0.3) is 11.3 Å². The maximum atomic E-state index is 12.1. The van der Waals surface area contributed by atoms with Crippen molar-refractivity contribution in [3.8, 4) is 11.3 Å². The Morgan fingerprint density at radius 1 is 1.25 bits per heavy atom. The molecule has 2 heterocycles. The molecular weight excluding hydrogens is 300 g/mol. The lowest BCUT2D eigenvalue weighted by Gasteiger charge is -2.22. The van der Waals surface area contributed by atoms with Crippen LogP contribution in [0.15, 0.2) is 46.9 Å². The molecule has 1 aliphatic rings. The molecule has 4 heteroatoms. The van der Waals surface area contributed by atoms with Crippen LogP contribution in [0.5, 0.6) is 0 Å². The molecule has 0 radical (unpaired) electrons. The second-order valence-corrected chi connectivity index (χ2v) is 6.36. The average molecular weight is 326 g/mol. The molecule has 1 N–H and O–H groups in total. The summed E-state index contributed by atoms with van der Waals surface area (Å²) in [5.41, 5.74) is 1.06. The number of likely N-dealkylation sites (N-methyl/N-ethyl adjacent to an activating group) is 1. The third-order valence-corrected chi connectivity index (χ3v) is 4.76. The number of aryl methyl sites for hydroxylation is 1. The first-order chi connectivity index (χ1) is 11.8. The van der Waals surface area contributed by atoms with Gasteiger partial charge in [0.2, 0.25) is 5.91 Å². The van der Waals surface area contributed by atoms with Gasteiger partial charge in [-0.2, -0.15) is 0 Å². The zero-order valence-electron chi connectivity index (χ0n) is 14.3. The SMILES string of the molecule is CCN1CCCC1CNC(=O)CCc1ccc(-c2ccccc2)o1. The highest BCUT2D eigenvalue weighted by atomic mass is 16.3. The Kier molecular flexibility index (Phi) is 5.70. The van der Waals surface area contributed by atoms with E-state index in [2.05, 4.69) is 17.1 Å². The van der Waals surface area contributed by atoms with Crippen LogP contribution >= 0.6 is 0 Å². The van der Waals surface area contributed by atoms with E-state index >= 15 is 0 Å². The van der Waals surface area contributed by atoms with E-state index in [9.17, 15) is 4.79 Å². The summed E-state index contributed by atoms with van der Waals surface area (Å²) in [6.45, 7) is 5.17. The summed E-state index contributed by atoms with van der Waals surface area (Å²) >= 11 is 0. The summed E-state index contributed by atoms with van der Waals surface area (Å²) in [6, 6.07) is 14.5. The van der Waals surface area contributed by atoms with Crippen molar-refractivity contribution >= 4 is 5.91 Å². The Morgan fingerprint density at radius 2 is 2.08 bits per heavy atom. The van der Waals surface area contributed by atoms with Crippen molar-refractivity contribution in [1.82, 2.24) is 10.2 Å². The summed E-state index contributed by atoms with van der Waals surface area (Å²) in [5, 5.41) is 3.08. The summed E-state index contributed by atoms with van der Waals surface area (Å²) in [7, 11) is 0. The standard InChI is InChI=1S/C20H26N2O2/c1-2-22-14-6-9-17(22)15-21-20(23)13-11-18-10-12-19(24-18)16-7-4-3-5-8-16/h3-5,7-8,10,12,17H,2,6,9,11,13-15H2,1H3,(H,21,23). The quantitative estimate of drug-likeness (QED) is 0.847. The fourth-order valence-corrected chi connectivity index (χ4v) is 3.37. The minimum absolute atomic E-state index is 0.107.